The highest BCUT2D eigenvalue weighted by molar-refractivity contribution is 7.99. The Kier molecular flexibility index (Phi) is 5.73. The molecule has 1 heterocycles. The molecule has 0 saturated heterocycles. The van der Waals surface area contributed by atoms with Gasteiger partial charge in [0.2, 0.25) is 5.91 Å². The van der Waals surface area contributed by atoms with Crippen LogP contribution in [0.5, 0.6) is 0 Å². The van der Waals surface area contributed by atoms with E-state index in [4.69, 9.17) is 4.42 Å². The zero-order valence-electron chi connectivity index (χ0n) is 14.4. The molecule has 0 radical (unpaired) electrons. The number of para-hydroxylation sites is 2. The number of carbonyl (C=O) groups excluding carboxylic acids is 1. The van der Waals surface area contributed by atoms with Gasteiger partial charge >= 0.3 is 0 Å². The number of carbonyl (C=O) groups is 1. The summed E-state index contributed by atoms with van der Waals surface area (Å²) in [7, 11) is 4.23. The number of nitrogens with zero attached hydrogens (tertiary/aromatic N) is 1. The maximum atomic E-state index is 12.1. The van der Waals surface area contributed by atoms with Crippen LogP contribution in [0.15, 0.2) is 58.2 Å². The van der Waals surface area contributed by atoms with Crippen molar-refractivity contribution in [1.82, 2.24) is 10.3 Å². The minimum Gasteiger partial charge on any atom is -0.431 e. The van der Waals surface area contributed by atoms with Crippen molar-refractivity contribution >= 4 is 28.8 Å². The first-order chi connectivity index (χ1) is 12.1. The van der Waals surface area contributed by atoms with Crippen molar-refractivity contribution in [2.24, 2.45) is 0 Å². The summed E-state index contributed by atoms with van der Waals surface area (Å²) in [5, 5.41) is 3.50. The highest BCUT2D eigenvalue weighted by Crippen LogP contribution is 2.22. The summed E-state index contributed by atoms with van der Waals surface area (Å²) in [5.41, 5.74) is 3.97. The molecule has 1 amide bonds. The minimum atomic E-state index is -0.0285. The molecule has 0 saturated carbocycles. The number of quaternary nitrogens is 1. The van der Waals surface area contributed by atoms with Gasteiger partial charge in [-0.05, 0) is 17.7 Å². The Morgan fingerprint density at radius 1 is 1.12 bits per heavy atom. The van der Waals surface area contributed by atoms with E-state index in [-0.39, 0.29) is 11.7 Å². The molecule has 0 unspecified atom stereocenters. The Bertz CT molecular complexity index is 828. The van der Waals surface area contributed by atoms with Crippen LogP contribution in [0.3, 0.4) is 0 Å². The molecule has 25 heavy (non-hydrogen) atoms. The lowest BCUT2D eigenvalue weighted by atomic mass is 10.1. The molecule has 130 valence electrons. The van der Waals surface area contributed by atoms with Crippen LogP contribution in [0.25, 0.3) is 11.1 Å². The van der Waals surface area contributed by atoms with Crippen LogP contribution in [0, 0.1) is 0 Å². The number of amides is 1. The molecule has 0 aliphatic heterocycles. The lowest BCUT2D eigenvalue weighted by molar-refractivity contribution is -0.872. The normalized spacial score (nSPS) is 11.2. The molecule has 1 aromatic heterocycles. The average molecular weight is 356 g/mol. The SMILES string of the molecule is C[NH+](C)Cc1ccccc1CNC(=O)CSc1nc2ccccc2o1. The van der Waals surface area contributed by atoms with Gasteiger partial charge in [0, 0.05) is 12.1 Å². The lowest BCUT2D eigenvalue weighted by Crippen LogP contribution is -3.04. The van der Waals surface area contributed by atoms with Crippen molar-refractivity contribution in [1.29, 1.82) is 0 Å². The first-order valence-corrected chi connectivity index (χ1v) is 9.21. The molecule has 0 spiro atoms. The molecule has 2 aromatic carbocycles. The first-order valence-electron chi connectivity index (χ1n) is 8.22. The Morgan fingerprint density at radius 2 is 1.84 bits per heavy atom. The summed E-state index contributed by atoms with van der Waals surface area (Å²) >= 11 is 1.31. The van der Waals surface area contributed by atoms with Crippen LogP contribution in [-0.2, 0) is 17.9 Å². The molecule has 2 N–H and O–H groups in total. The van der Waals surface area contributed by atoms with Crippen molar-refractivity contribution in [2.75, 3.05) is 19.8 Å². The van der Waals surface area contributed by atoms with Crippen LogP contribution in [0.4, 0.5) is 0 Å². The van der Waals surface area contributed by atoms with E-state index in [1.165, 1.54) is 22.2 Å². The number of oxazole rings is 1. The van der Waals surface area contributed by atoms with E-state index in [1.807, 2.05) is 36.4 Å². The highest BCUT2D eigenvalue weighted by Gasteiger charge is 2.10. The predicted molar refractivity (Wildman–Crippen MR) is 99.5 cm³/mol. The van der Waals surface area contributed by atoms with Gasteiger partial charge in [-0.3, -0.25) is 4.79 Å². The van der Waals surface area contributed by atoms with Crippen LogP contribution in [0.2, 0.25) is 0 Å². The van der Waals surface area contributed by atoms with E-state index in [1.54, 1.807) is 0 Å². The lowest BCUT2D eigenvalue weighted by Gasteiger charge is -2.12. The molecule has 3 rings (SSSR count). The first kappa shape index (κ1) is 17.5. The van der Waals surface area contributed by atoms with Gasteiger partial charge in [-0.25, -0.2) is 4.98 Å². The largest absolute Gasteiger partial charge is 0.431 e. The summed E-state index contributed by atoms with van der Waals surface area (Å²) in [6, 6.07) is 15.8. The van der Waals surface area contributed by atoms with Gasteiger partial charge in [0.05, 0.1) is 19.8 Å². The molecule has 3 aromatic rings. The van der Waals surface area contributed by atoms with Gasteiger partial charge in [0.15, 0.2) is 5.58 Å². The predicted octanol–water partition coefficient (Wildman–Crippen LogP) is 1.88. The average Bonchev–Trinajstić information content (AvgIpc) is 3.01. The number of rotatable bonds is 7. The molecular weight excluding hydrogens is 334 g/mol. The number of hydrogen-bond donors (Lipinski definition) is 2. The third-order valence-corrected chi connectivity index (χ3v) is 4.57. The van der Waals surface area contributed by atoms with E-state index < -0.39 is 0 Å². The second-order valence-corrected chi connectivity index (χ2v) is 7.09. The topological polar surface area (TPSA) is 59.6 Å². The zero-order chi connectivity index (χ0) is 17.6. The minimum absolute atomic E-state index is 0.0285. The van der Waals surface area contributed by atoms with E-state index in [9.17, 15) is 4.79 Å². The number of fused-ring (bicyclic) bond motifs is 1. The summed E-state index contributed by atoms with van der Waals surface area (Å²) in [5.74, 6) is 0.257. The molecule has 0 bridgehead atoms. The quantitative estimate of drug-likeness (QED) is 0.635. The number of hydrogen-bond acceptors (Lipinski definition) is 4. The van der Waals surface area contributed by atoms with Gasteiger partial charge in [-0.2, -0.15) is 0 Å². The third kappa shape index (κ3) is 4.84. The van der Waals surface area contributed by atoms with E-state index in [0.29, 0.717) is 11.8 Å². The van der Waals surface area contributed by atoms with Crippen LogP contribution in [-0.4, -0.2) is 30.7 Å². The standard InChI is InChI=1S/C19H21N3O2S/c1-22(2)12-15-8-4-3-7-14(15)11-20-18(23)13-25-19-21-16-9-5-6-10-17(16)24-19/h3-10H,11-13H2,1-2H3,(H,20,23)/p+1. The Morgan fingerprint density at radius 3 is 2.60 bits per heavy atom. The highest BCUT2D eigenvalue weighted by atomic mass is 32.2. The second kappa shape index (κ2) is 8.18. The molecule has 0 fully saturated rings. The molecule has 5 nitrogen and oxygen atoms in total. The fraction of sp³-hybridized carbons (Fsp3) is 0.263. The van der Waals surface area contributed by atoms with Crippen molar-refractivity contribution in [3.63, 3.8) is 0 Å². The van der Waals surface area contributed by atoms with E-state index in [2.05, 4.69) is 36.5 Å². The number of aromatic nitrogens is 1. The second-order valence-electron chi connectivity index (χ2n) is 6.17. The zero-order valence-corrected chi connectivity index (χ0v) is 15.2. The summed E-state index contributed by atoms with van der Waals surface area (Å²) in [4.78, 5) is 17.8. The molecule has 0 aliphatic carbocycles. The van der Waals surface area contributed by atoms with Gasteiger partial charge in [0.1, 0.15) is 12.1 Å². The monoisotopic (exact) mass is 356 g/mol. The van der Waals surface area contributed by atoms with Gasteiger partial charge in [-0.1, -0.05) is 48.2 Å². The van der Waals surface area contributed by atoms with Crippen LogP contribution < -0.4 is 10.2 Å². The van der Waals surface area contributed by atoms with Crippen molar-refractivity contribution in [2.45, 2.75) is 18.3 Å². The number of nitrogens with one attached hydrogen (secondary N) is 2. The number of thioether (sulfide) groups is 1. The van der Waals surface area contributed by atoms with Gasteiger partial charge in [-0.15, -0.1) is 0 Å². The number of benzene rings is 2. The van der Waals surface area contributed by atoms with Gasteiger partial charge in [0.25, 0.3) is 5.22 Å². The summed E-state index contributed by atoms with van der Waals surface area (Å²) in [6.07, 6.45) is 0. The van der Waals surface area contributed by atoms with Crippen molar-refractivity contribution < 1.29 is 14.1 Å². The van der Waals surface area contributed by atoms with Crippen molar-refractivity contribution in [3.05, 3.63) is 59.7 Å². The fourth-order valence-corrected chi connectivity index (χ4v) is 3.24. The van der Waals surface area contributed by atoms with Crippen LogP contribution in [0.1, 0.15) is 11.1 Å². The maximum Gasteiger partial charge on any atom is 0.257 e. The van der Waals surface area contributed by atoms with Crippen LogP contribution >= 0.6 is 11.8 Å². The molecular formula is C19H22N3O2S+. The third-order valence-electron chi connectivity index (χ3n) is 3.74. The van der Waals surface area contributed by atoms with E-state index >= 15 is 0 Å². The Hall–Kier alpha value is -2.31. The van der Waals surface area contributed by atoms with E-state index in [0.717, 1.165) is 23.2 Å². The summed E-state index contributed by atoms with van der Waals surface area (Å²) < 4.78 is 5.61. The molecule has 0 aliphatic rings. The molecule has 6 heteroatoms. The smallest absolute Gasteiger partial charge is 0.257 e. The van der Waals surface area contributed by atoms with Crippen molar-refractivity contribution in [3.8, 4) is 0 Å². The maximum absolute atomic E-state index is 12.1. The summed E-state index contributed by atoms with van der Waals surface area (Å²) in [6.45, 7) is 1.47. The Balaban J connectivity index is 1.53. The molecule has 0 atom stereocenters. The fourth-order valence-electron chi connectivity index (χ4n) is 2.57. The Labute approximate surface area is 151 Å². The van der Waals surface area contributed by atoms with Gasteiger partial charge < -0.3 is 14.6 Å².